The summed E-state index contributed by atoms with van der Waals surface area (Å²) >= 11 is 0. The van der Waals surface area contributed by atoms with Crippen LogP contribution in [0.1, 0.15) is 35.8 Å². The highest BCUT2D eigenvalue weighted by Crippen LogP contribution is 2.20. The maximum atomic E-state index is 5.15. The Morgan fingerprint density at radius 2 is 2.24 bits per heavy atom. The van der Waals surface area contributed by atoms with Gasteiger partial charge in [-0.3, -0.25) is 4.68 Å². The van der Waals surface area contributed by atoms with Crippen LogP contribution in [0.2, 0.25) is 0 Å². The van der Waals surface area contributed by atoms with Crippen LogP contribution in [0.5, 0.6) is 0 Å². The molecule has 0 aliphatic heterocycles. The number of nitrogens with zero attached hydrogens (tertiary/aromatic N) is 4. The summed E-state index contributed by atoms with van der Waals surface area (Å²) < 4.78 is 6.91. The van der Waals surface area contributed by atoms with Crippen molar-refractivity contribution < 1.29 is 4.52 Å². The molecule has 1 N–H and O–H groups in total. The van der Waals surface area contributed by atoms with E-state index in [4.69, 9.17) is 4.52 Å². The van der Waals surface area contributed by atoms with Gasteiger partial charge in [-0.25, -0.2) is 4.98 Å². The van der Waals surface area contributed by atoms with Crippen LogP contribution in [-0.2, 0) is 13.6 Å². The third kappa shape index (κ3) is 2.36. The molecule has 2 rings (SSSR count). The lowest BCUT2D eigenvalue weighted by molar-refractivity contribution is 0.390. The van der Waals surface area contributed by atoms with Gasteiger partial charge in [-0.1, -0.05) is 5.16 Å². The molecular weight excluding hydrogens is 218 g/mol. The molecule has 0 spiro atoms. The summed E-state index contributed by atoms with van der Waals surface area (Å²) in [7, 11) is 1.88. The summed E-state index contributed by atoms with van der Waals surface area (Å²) in [6.45, 7) is 6.63. The largest absolute Gasteiger partial charge is 0.361 e. The molecule has 6 heteroatoms. The van der Waals surface area contributed by atoms with Crippen LogP contribution in [0.3, 0.4) is 0 Å². The van der Waals surface area contributed by atoms with Gasteiger partial charge in [0.05, 0.1) is 12.2 Å². The molecule has 0 aromatic carbocycles. The van der Waals surface area contributed by atoms with E-state index >= 15 is 0 Å². The van der Waals surface area contributed by atoms with Crippen molar-refractivity contribution in [2.75, 3.05) is 0 Å². The number of aryl methyl sites for hydroxylation is 3. The lowest BCUT2D eigenvalue weighted by Crippen LogP contribution is -2.21. The summed E-state index contributed by atoms with van der Waals surface area (Å²) in [4.78, 5) is 4.16. The van der Waals surface area contributed by atoms with E-state index in [0.717, 1.165) is 22.8 Å². The van der Waals surface area contributed by atoms with Crippen LogP contribution in [0.15, 0.2) is 10.9 Å². The van der Waals surface area contributed by atoms with Gasteiger partial charge in [-0.05, 0) is 20.8 Å². The van der Waals surface area contributed by atoms with E-state index in [9.17, 15) is 0 Å². The molecular formula is C11H17N5O. The van der Waals surface area contributed by atoms with Gasteiger partial charge in [-0.15, -0.1) is 0 Å². The van der Waals surface area contributed by atoms with E-state index in [-0.39, 0.29) is 6.04 Å². The zero-order chi connectivity index (χ0) is 12.4. The third-order valence-corrected chi connectivity index (χ3v) is 2.89. The van der Waals surface area contributed by atoms with Gasteiger partial charge < -0.3 is 9.84 Å². The van der Waals surface area contributed by atoms with Crippen molar-refractivity contribution in [3.05, 3.63) is 29.2 Å². The van der Waals surface area contributed by atoms with Crippen molar-refractivity contribution in [3.8, 4) is 0 Å². The van der Waals surface area contributed by atoms with E-state index in [1.165, 1.54) is 0 Å². The zero-order valence-corrected chi connectivity index (χ0v) is 10.6. The molecule has 2 heterocycles. The van der Waals surface area contributed by atoms with E-state index in [1.807, 2.05) is 20.9 Å². The average molecular weight is 235 g/mol. The minimum atomic E-state index is 0.179. The van der Waals surface area contributed by atoms with Crippen LogP contribution >= 0.6 is 0 Å². The molecule has 1 unspecified atom stereocenters. The van der Waals surface area contributed by atoms with Crippen LogP contribution in [0, 0.1) is 13.8 Å². The molecule has 0 bridgehead atoms. The molecule has 0 saturated carbocycles. The van der Waals surface area contributed by atoms with E-state index < -0.39 is 0 Å². The molecule has 17 heavy (non-hydrogen) atoms. The first-order valence-corrected chi connectivity index (χ1v) is 5.58. The monoisotopic (exact) mass is 235 g/mol. The smallest absolute Gasteiger partial charge is 0.140 e. The second kappa shape index (κ2) is 4.67. The molecule has 6 nitrogen and oxygen atoms in total. The van der Waals surface area contributed by atoms with Crippen molar-refractivity contribution in [2.45, 2.75) is 33.4 Å². The van der Waals surface area contributed by atoms with Gasteiger partial charge in [0.1, 0.15) is 17.9 Å². The molecule has 0 aliphatic rings. The third-order valence-electron chi connectivity index (χ3n) is 2.89. The quantitative estimate of drug-likeness (QED) is 0.864. The molecule has 2 aromatic rings. The number of rotatable bonds is 4. The van der Waals surface area contributed by atoms with Gasteiger partial charge in [-0.2, -0.15) is 5.10 Å². The fourth-order valence-corrected chi connectivity index (χ4v) is 1.93. The maximum Gasteiger partial charge on any atom is 0.140 e. The Hall–Kier alpha value is -1.69. The Morgan fingerprint density at radius 1 is 1.47 bits per heavy atom. The first-order valence-electron chi connectivity index (χ1n) is 5.58. The summed E-state index contributed by atoms with van der Waals surface area (Å²) in [6.07, 6.45) is 1.55. The first kappa shape index (κ1) is 11.8. The number of nitrogens with one attached hydrogen (secondary N) is 1. The fourth-order valence-electron chi connectivity index (χ4n) is 1.93. The molecule has 0 aliphatic carbocycles. The van der Waals surface area contributed by atoms with Crippen molar-refractivity contribution >= 4 is 0 Å². The van der Waals surface area contributed by atoms with Gasteiger partial charge in [0.25, 0.3) is 0 Å². The Kier molecular flexibility index (Phi) is 3.23. The second-order valence-electron chi connectivity index (χ2n) is 4.14. The minimum Gasteiger partial charge on any atom is -0.361 e. The minimum absolute atomic E-state index is 0.179. The normalized spacial score (nSPS) is 12.9. The van der Waals surface area contributed by atoms with E-state index in [1.54, 1.807) is 11.0 Å². The van der Waals surface area contributed by atoms with Crippen LogP contribution in [0.25, 0.3) is 0 Å². The Bertz CT molecular complexity index is 482. The maximum absolute atomic E-state index is 5.15. The highest BCUT2D eigenvalue weighted by atomic mass is 16.5. The van der Waals surface area contributed by atoms with Crippen LogP contribution < -0.4 is 5.32 Å². The highest BCUT2D eigenvalue weighted by Gasteiger charge is 2.16. The SMILES string of the molecule is Cc1noc(C)c1C(C)NCc1ncnn1C. The van der Waals surface area contributed by atoms with Crippen molar-refractivity contribution in [3.63, 3.8) is 0 Å². The van der Waals surface area contributed by atoms with Gasteiger partial charge in [0, 0.05) is 18.7 Å². The van der Waals surface area contributed by atoms with Gasteiger partial charge >= 0.3 is 0 Å². The average Bonchev–Trinajstić information content (AvgIpc) is 2.83. The Morgan fingerprint density at radius 3 is 2.76 bits per heavy atom. The first-order chi connectivity index (χ1) is 8.09. The van der Waals surface area contributed by atoms with E-state index in [0.29, 0.717) is 6.54 Å². The summed E-state index contributed by atoms with van der Waals surface area (Å²) in [5, 5.41) is 11.4. The Labute approximate surface area is 100 Å². The van der Waals surface area contributed by atoms with E-state index in [2.05, 4.69) is 27.5 Å². The summed E-state index contributed by atoms with van der Waals surface area (Å²) in [5.41, 5.74) is 2.05. The van der Waals surface area contributed by atoms with Crippen molar-refractivity contribution in [1.29, 1.82) is 0 Å². The molecule has 0 radical (unpaired) electrons. The molecule has 0 amide bonds. The number of hydrogen-bond donors (Lipinski definition) is 1. The molecule has 2 aromatic heterocycles. The standard InChI is InChI=1S/C11H17N5O/c1-7(11-8(2)15-17-9(11)3)12-5-10-13-6-14-16(10)4/h6-7,12H,5H2,1-4H3. The van der Waals surface area contributed by atoms with Crippen LogP contribution in [0.4, 0.5) is 0 Å². The lowest BCUT2D eigenvalue weighted by atomic mass is 10.1. The fraction of sp³-hybridized carbons (Fsp3) is 0.545. The van der Waals surface area contributed by atoms with Crippen molar-refractivity contribution in [2.24, 2.45) is 7.05 Å². The van der Waals surface area contributed by atoms with Crippen molar-refractivity contribution in [1.82, 2.24) is 25.2 Å². The predicted molar refractivity (Wildman–Crippen MR) is 62.2 cm³/mol. The Balaban J connectivity index is 2.03. The van der Waals surface area contributed by atoms with Gasteiger partial charge in [0.2, 0.25) is 0 Å². The predicted octanol–water partition coefficient (Wildman–Crippen LogP) is 1.27. The number of hydrogen-bond acceptors (Lipinski definition) is 5. The number of aromatic nitrogens is 4. The summed E-state index contributed by atoms with van der Waals surface area (Å²) in [6, 6.07) is 0.179. The van der Waals surface area contributed by atoms with Gasteiger partial charge in [0.15, 0.2) is 0 Å². The molecule has 0 saturated heterocycles. The highest BCUT2D eigenvalue weighted by molar-refractivity contribution is 5.24. The molecule has 1 atom stereocenters. The molecule has 92 valence electrons. The second-order valence-corrected chi connectivity index (χ2v) is 4.14. The molecule has 0 fully saturated rings. The van der Waals surface area contributed by atoms with Crippen LogP contribution in [-0.4, -0.2) is 19.9 Å². The topological polar surface area (TPSA) is 68.8 Å². The zero-order valence-electron chi connectivity index (χ0n) is 10.6. The summed E-state index contributed by atoms with van der Waals surface area (Å²) in [5.74, 6) is 1.77. The lowest BCUT2D eigenvalue weighted by Gasteiger charge is -2.12.